The molecule has 1 heterocycles. The lowest BCUT2D eigenvalue weighted by Crippen LogP contribution is -1.97. The molecule has 0 fully saturated rings. The van der Waals surface area contributed by atoms with Crippen molar-refractivity contribution < 1.29 is 18.9 Å². The number of fused-ring (bicyclic) bond motifs is 1. The Labute approximate surface area is 125 Å². The van der Waals surface area contributed by atoms with E-state index in [2.05, 4.69) is 15.9 Å². The van der Waals surface area contributed by atoms with Crippen molar-refractivity contribution in [2.75, 3.05) is 13.9 Å². The number of ether oxygens (including phenoxy) is 4. The lowest BCUT2D eigenvalue weighted by molar-refractivity contribution is 0.169. The van der Waals surface area contributed by atoms with Gasteiger partial charge in [0.1, 0.15) is 12.4 Å². The molecule has 5 heteroatoms. The summed E-state index contributed by atoms with van der Waals surface area (Å²) < 4.78 is 22.6. The lowest BCUT2D eigenvalue weighted by atomic mass is 10.2. The number of halogens is 1. The number of hydrogen-bond donors (Lipinski definition) is 0. The van der Waals surface area contributed by atoms with Gasteiger partial charge in [-0.05, 0) is 29.8 Å². The molecule has 0 saturated carbocycles. The molecule has 4 nitrogen and oxygen atoms in total. The van der Waals surface area contributed by atoms with E-state index >= 15 is 0 Å². The van der Waals surface area contributed by atoms with Gasteiger partial charge in [-0.2, -0.15) is 0 Å². The van der Waals surface area contributed by atoms with Crippen LogP contribution in [-0.2, 0) is 6.61 Å². The molecule has 1 aliphatic heterocycles. The van der Waals surface area contributed by atoms with Gasteiger partial charge in [-0.15, -0.1) is 0 Å². The maximum Gasteiger partial charge on any atom is 0.231 e. The Kier molecular flexibility index (Phi) is 3.69. The third kappa shape index (κ3) is 2.67. The average Bonchev–Trinajstić information content (AvgIpc) is 2.93. The van der Waals surface area contributed by atoms with Crippen LogP contribution in [0.5, 0.6) is 23.0 Å². The molecule has 2 aromatic rings. The molecule has 0 spiro atoms. The molecule has 20 heavy (non-hydrogen) atoms. The molecule has 0 saturated heterocycles. The molecule has 0 amide bonds. The highest BCUT2D eigenvalue weighted by Gasteiger charge is 2.20. The summed E-state index contributed by atoms with van der Waals surface area (Å²) in [5.74, 6) is 2.85. The topological polar surface area (TPSA) is 36.9 Å². The van der Waals surface area contributed by atoms with Crippen molar-refractivity contribution in [3.63, 3.8) is 0 Å². The van der Waals surface area contributed by atoms with Crippen LogP contribution in [0.4, 0.5) is 0 Å². The predicted octanol–water partition coefficient (Wildman–Crippen LogP) is 3.77. The fraction of sp³-hybridized carbons (Fsp3) is 0.200. The first kappa shape index (κ1) is 13.1. The highest BCUT2D eigenvalue weighted by Crippen LogP contribution is 2.43. The van der Waals surface area contributed by atoms with Crippen molar-refractivity contribution in [3.8, 4) is 23.0 Å². The summed E-state index contributed by atoms with van der Waals surface area (Å²) in [7, 11) is 1.65. The van der Waals surface area contributed by atoms with Crippen molar-refractivity contribution in [1.82, 2.24) is 0 Å². The molecule has 2 aromatic carbocycles. The Morgan fingerprint density at radius 3 is 2.70 bits per heavy atom. The molecule has 0 unspecified atom stereocenters. The molecule has 1 aliphatic rings. The van der Waals surface area contributed by atoms with Crippen molar-refractivity contribution in [1.29, 1.82) is 0 Å². The Hall–Kier alpha value is -1.88. The standard InChI is InChI=1S/C15H13BrO4/c1-17-12-4-2-10(3-5-12)8-18-13-6-11(16)7-14-15(13)20-9-19-14/h2-7H,8-9H2,1H3. The van der Waals surface area contributed by atoms with Gasteiger partial charge in [0.2, 0.25) is 12.5 Å². The SMILES string of the molecule is COc1ccc(COc2cc(Br)cc3c2OCO3)cc1. The van der Waals surface area contributed by atoms with Crippen molar-refractivity contribution in [2.24, 2.45) is 0 Å². The van der Waals surface area contributed by atoms with E-state index in [0.717, 1.165) is 15.8 Å². The number of rotatable bonds is 4. The van der Waals surface area contributed by atoms with Crippen LogP contribution in [-0.4, -0.2) is 13.9 Å². The van der Waals surface area contributed by atoms with Crippen LogP contribution >= 0.6 is 15.9 Å². The molecule has 0 aromatic heterocycles. The minimum atomic E-state index is 0.227. The Bertz CT molecular complexity index is 610. The molecular formula is C15H13BrO4. The second kappa shape index (κ2) is 5.63. The second-order valence-corrected chi connectivity index (χ2v) is 5.19. The van der Waals surface area contributed by atoms with Gasteiger partial charge >= 0.3 is 0 Å². The van der Waals surface area contributed by atoms with Gasteiger partial charge in [0.25, 0.3) is 0 Å². The summed E-state index contributed by atoms with van der Waals surface area (Å²) in [6, 6.07) is 11.5. The quantitative estimate of drug-likeness (QED) is 0.851. The first-order valence-electron chi connectivity index (χ1n) is 6.11. The Morgan fingerprint density at radius 1 is 1.15 bits per heavy atom. The van der Waals surface area contributed by atoms with E-state index in [9.17, 15) is 0 Å². The zero-order valence-corrected chi connectivity index (χ0v) is 12.5. The van der Waals surface area contributed by atoms with E-state index in [1.54, 1.807) is 7.11 Å². The van der Waals surface area contributed by atoms with Gasteiger partial charge in [-0.3, -0.25) is 0 Å². The van der Waals surface area contributed by atoms with E-state index in [1.807, 2.05) is 36.4 Å². The maximum absolute atomic E-state index is 5.81. The maximum atomic E-state index is 5.81. The summed E-state index contributed by atoms with van der Waals surface area (Å²) in [4.78, 5) is 0. The average molecular weight is 337 g/mol. The second-order valence-electron chi connectivity index (χ2n) is 4.27. The molecule has 0 atom stereocenters. The van der Waals surface area contributed by atoms with Crippen LogP contribution in [0.3, 0.4) is 0 Å². The van der Waals surface area contributed by atoms with Gasteiger partial charge in [0.15, 0.2) is 11.5 Å². The van der Waals surface area contributed by atoms with Gasteiger partial charge in [0.05, 0.1) is 7.11 Å². The first-order chi connectivity index (χ1) is 9.76. The summed E-state index contributed by atoms with van der Waals surface area (Å²) in [5.41, 5.74) is 1.05. The largest absolute Gasteiger partial charge is 0.497 e. The molecule has 0 N–H and O–H groups in total. The van der Waals surface area contributed by atoms with Crippen LogP contribution in [0.2, 0.25) is 0 Å². The van der Waals surface area contributed by atoms with Gasteiger partial charge in [0, 0.05) is 4.47 Å². The molecule has 0 aliphatic carbocycles. The highest BCUT2D eigenvalue weighted by molar-refractivity contribution is 9.10. The molecule has 0 radical (unpaired) electrons. The minimum absolute atomic E-state index is 0.227. The van der Waals surface area contributed by atoms with E-state index < -0.39 is 0 Å². The van der Waals surface area contributed by atoms with Gasteiger partial charge in [-0.25, -0.2) is 0 Å². The van der Waals surface area contributed by atoms with E-state index in [1.165, 1.54) is 0 Å². The number of benzene rings is 2. The van der Waals surface area contributed by atoms with Crippen molar-refractivity contribution in [2.45, 2.75) is 6.61 Å². The molecule has 3 rings (SSSR count). The lowest BCUT2D eigenvalue weighted by Gasteiger charge is -2.10. The van der Waals surface area contributed by atoms with Crippen LogP contribution in [0.15, 0.2) is 40.9 Å². The van der Waals surface area contributed by atoms with Crippen molar-refractivity contribution in [3.05, 3.63) is 46.4 Å². The highest BCUT2D eigenvalue weighted by atomic mass is 79.9. The third-order valence-electron chi connectivity index (χ3n) is 2.96. The Morgan fingerprint density at radius 2 is 1.95 bits per heavy atom. The third-order valence-corrected chi connectivity index (χ3v) is 3.41. The van der Waals surface area contributed by atoms with E-state index in [4.69, 9.17) is 18.9 Å². The molecule has 0 bridgehead atoms. The fourth-order valence-electron chi connectivity index (χ4n) is 1.94. The van der Waals surface area contributed by atoms with Crippen LogP contribution < -0.4 is 18.9 Å². The van der Waals surface area contributed by atoms with Crippen LogP contribution in [0, 0.1) is 0 Å². The number of methoxy groups -OCH3 is 1. The van der Waals surface area contributed by atoms with Crippen LogP contribution in [0.1, 0.15) is 5.56 Å². The van der Waals surface area contributed by atoms with Gasteiger partial charge < -0.3 is 18.9 Å². The van der Waals surface area contributed by atoms with E-state index in [-0.39, 0.29) is 6.79 Å². The minimum Gasteiger partial charge on any atom is -0.497 e. The Balaban J connectivity index is 1.75. The summed E-state index contributed by atoms with van der Waals surface area (Å²) >= 11 is 3.43. The predicted molar refractivity (Wildman–Crippen MR) is 77.6 cm³/mol. The smallest absolute Gasteiger partial charge is 0.231 e. The molecular weight excluding hydrogens is 324 g/mol. The number of hydrogen-bond acceptors (Lipinski definition) is 4. The van der Waals surface area contributed by atoms with Gasteiger partial charge in [-0.1, -0.05) is 28.1 Å². The summed E-state index contributed by atoms with van der Waals surface area (Å²) in [5, 5.41) is 0. The zero-order valence-electron chi connectivity index (χ0n) is 10.9. The summed E-state index contributed by atoms with van der Waals surface area (Å²) in [6.07, 6.45) is 0. The normalized spacial score (nSPS) is 12.3. The van der Waals surface area contributed by atoms with Crippen LogP contribution in [0.25, 0.3) is 0 Å². The first-order valence-corrected chi connectivity index (χ1v) is 6.90. The monoisotopic (exact) mass is 336 g/mol. The summed E-state index contributed by atoms with van der Waals surface area (Å²) in [6.45, 7) is 0.681. The zero-order chi connectivity index (χ0) is 13.9. The van der Waals surface area contributed by atoms with Crippen molar-refractivity contribution >= 4 is 15.9 Å². The van der Waals surface area contributed by atoms with E-state index in [0.29, 0.717) is 23.9 Å². The molecule has 104 valence electrons. The fourth-order valence-corrected chi connectivity index (χ4v) is 2.35.